The first-order chi connectivity index (χ1) is 13.8. The Morgan fingerprint density at radius 1 is 0.931 bits per heavy atom. The number of nitrogens with two attached hydrogens (primary N) is 1. The van der Waals surface area contributed by atoms with Gasteiger partial charge < -0.3 is 11.1 Å². The Balaban J connectivity index is 1.74. The van der Waals surface area contributed by atoms with Crippen molar-refractivity contribution < 1.29 is 8.42 Å². The van der Waals surface area contributed by atoms with E-state index in [2.05, 4.69) is 39.4 Å². The number of nitrogens with one attached hydrogen (secondary N) is 3. The van der Waals surface area contributed by atoms with Gasteiger partial charge in [-0.1, -0.05) is 43.7 Å². The van der Waals surface area contributed by atoms with E-state index in [0.717, 1.165) is 11.3 Å². The van der Waals surface area contributed by atoms with Crippen LogP contribution < -0.4 is 21.3 Å². The van der Waals surface area contributed by atoms with Crippen molar-refractivity contribution >= 4 is 33.0 Å². The third-order valence-corrected chi connectivity index (χ3v) is 5.62. The van der Waals surface area contributed by atoms with Gasteiger partial charge in [-0.3, -0.25) is 5.43 Å². The Bertz CT molecular complexity index is 1080. The third-order valence-electron chi connectivity index (χ3n) is 4.36. The van der Waals surface area contributed by atoms with E-state index in [4.69, 9.17) is 5.73 Å². The molecule has 29 heavy (non-hydrogen) atoms. The summed E-state index contributed by atoms with van der Waals surface area (Å²) in [4.78, 5) is 10.6. The second kappa shape index (κ2) is 8.46. The molecule has 2 aromatic carbocycles. The molecule has 0 bridgehead atoms. The van der Waals surface area contributed by atoms with Crippen molar-refractivity contribution in [3.05, 3.63) is 66.0 Å². The molecule has 0 amide bonds. The number of hydrogen-bond donors (Lipinski definition) is 4. The lowest BCUT2D eigenvalue weighted by atomic mass is 10.0. The van der Waals surface area contributed by atoms with Crippen molar-refractivity contribution in [3.63, 3.8) is 0 Å². The summed E-state index contributed by atoms with van der Waals surface area (Å²) < 4.78 is 24.8. The quantitative estimate of drug-likeness (QED) is 0.438. The van der Waals surface area contributed by atoms with E-state index >= 15 is 0 Å². The molecule has 0 atom stereocenters. The van der Waals surface area contributed by atoms with Crippen LogP contribution in [0.3, 0.4) is 0 Å². The lowest BCUT2D eigenvalue weighted by molar-refractivity contribution is 0.587. The Labute approximate surface area is 170 Å². The van der Waals surface area contributed by atoms with Crippen LogP contribution in [0.5, 0.6) is 0 Å². The Morgan fingerprint density at radius 2 is 1.55 bits per heavy atom. The van der Waals surface area contributed by atoms with Gasteiger partial charge in [0.25, 0.3) is 10.0 Å². The SMILES string of the molecule is Cc1ccc(S(=O)(=O)NNc2ncnc(Nc3ccc(C(C)C)cc3)c2N)cc1. The second-order valence-corrected chi connectivity index (χ2v) is 8.61. The Morgan fingerprint density at radius 3 is 2.17 bits per heavy atom. The maximum Gasteiger partial charge on any atom is 0.257 e. The van der Waals surface area contributed by atoms with E-state index in [1.807, 2.05) is 31.2 Å². The van der Waals surface area contributed by atoms with Gasteiger partial charge in [-0.15, -0.1) is 4.83 Å². The molecule has 152 valence electrons. The molecular formula is C20H24N6O2S. The molecule has 0 fully saturated rings. The summed E-state index contributed by atoms with van der Waals surface area (Å²) in [5.74, 6) is 0.955. The molecule has 1 heterocycles. The van der Waals surface area contributed by atoms with E-state index < -0.39 is 10.0 Å². The lowest BCUT2D eigenvalue weighted by Gasteiger charge is -2.14. The highest BCUT2D eigenvalue weighted by molar-refractivity contribution is 7.89. The first kappa shape index (κ1) is 20.6. The summed E-state index contributed by atoms with van der Waals surface area (Å²) >= 11 is 0. The van der Waals surface area contributed by atoms with E-state index in [1.165, 1.54) is 24.0 Å². The molecular weight excluding hydrogens is 388 g/mol. The van der Waals surface area contributed by atoms with E-state index in [-0.39, 0.29) is 16.4 Å². The largest absolute Gasteiger partial charge is 0.393 e. The van der Waals surface area contributed by atoms with Crippen LogP contribution in [0.25, 0.3) is 0 Å². The minimum Gasteiger partial charge on any atom is -0.393 e. The first-order valence-electron chi connectivity index (χ1n) is 9.08. The molecule has 0 aliphatic rings. The van der Waals surface area contributed by atoms with E-state index in [1.54, 1.807) is 12.1 Å². The molecule has 8 nitrogen and oxygen atoms in total. The van der Waals surface area contributed by atoms with E-state index in [9.17, 15) is 8.42 Å². The minimum absolute atomic E-state index is 0.131. The number of benzene rings is 2. The van der Waals surface area contributed by atoms with Gasteiger partial charge in [-0.05, 0) is 42.7 Å². The topological polar surface area (TPSA) is 122 Å². The smallest absolute Gasteiger partial charge is 0.257 e. The minimum atomic E-state index is -3.77. The second-order valence-electron chi connectivity index (χ2n) is 6.93. The van der Waals surface area contributed by atoms with Crippen molar-refractivity contribution in [3.8, 4) is 0 Å². The zero-order valence-electron chi connectivity index (χ0n) is 16.5. The van der Waals surface area contributed by atoms with Crippen molar-refractivity contribution in [2.75, 3.05) is 16.5 Å². The van der Waals surface area contributed by atoms with Crippen molar-refractivity contribution in [1.29, 1.82) is 0 Å². The molecule has 0 aliphatic carbocycles. The molecule has 0 saturated heterocycles. The number of nitrogens with zero attached hydrogens (tertiary/aromatic N) is 2. The lowest BCUT2D eigenvalue weighted by Crippen LogP contribution is -2.30. The number of nitrogen functional groups attached to an aromatic ring is 1. The van der Waals surface area contributed by atoms with Crippen LogP contribution in [0.15, 0.2) is 59.8 Å². The molecule has 0 saturated carbocycles. The molecule has 3 aromatic rings. The maximum atomic E-state index is 12.4. The Kier molecular flexibility index (Phi) is 6.00. The standard InChI is InChI=1S/C20H24N6O2S/c1-13(2)15-6-8-16(9-7-15)24-19-18(21)20(23-12-22-19)25-26-29(27,28)17-10-4-14(3)5-11-17/h4-13,26H,21H2,1-3H3,(H2,22,23,24,25). The third kappa shape index (κ3) is 5.01. The number of anilines is 4. The molecule has 5 N–H and O–H groups in total. The van der Waals surface area contributed by atoms with Crippen molar-refractivity contribution in [2.24, 2.45) is 0 Å². The van der Waals surface area contributed by atoms with Crippen molar-refractivity contribution in [1.82, 2.24) is 14.8 Å². The summed E-state index contributed by atoms with van der Waals surface area (Å²) in [6.45, 7) is 6.13. The number of rotatable bonds is 7. The number of aryl methyl sites for hydroxylation is 1. The van der Waals surface area contributed by atoms with Crippen LogP contribution in [-0.2, 0) is 10.0 Å². The highest BCUT2D eigenvalue weighted by atomic mass is 32.2. The summed E-state index contributed by atoms with van der Waals surface area (Å²) in [5.41, 5.74) is 11.9. The van der Waals surface area contributed by atoms with Crippen LogP contribution >= 0.6 is 0 Å². The zero-order valence-corrected chi connectivity index (χ0v) is 17.3. The van der Waals surface area contributed by atoms with E-state index in [0.29, 0.717) is 11.7 Å². The van der Waals surface area contributed by atoms with Gasteiger partial charge >= 0.3 is 0 Å². The van der Waals surface area contributed by atoms with Crippen LogP contribution in [0, 0.1) is 6.92 Å². The molecule has 0 unspecified atom stereocenters. The average molecular weight is 413 g/mol. The van der Waals surface area contributed by atoms with Crippen LogP contribution in [0.2, 0.25) is 0 Å². The predicted octanol–water partition coefficient (Wildman–Crippen LogP) is 3.54. The van der Waals surface area contributed by atoms with Gasteiger partial charge in [-0.25, -0.2) is 18.4 Å². The number of hydrazine groups is 1. The monoisotopic (exact) mass is 412 g/mol. The number of hydrogen-bond acceptors (Lipinski definition) is 7. The van der Waals surface area contributed by atoms with Gasteiger partial charge in [0, 0.05) is 5.69 Å². The molecule has 0 radical (unpaired) electrons. The van der Waals surface area contributed by atoms with Gasteiger partial charge in [0.1, 0.15) is 12.0 Å². The molecule has 3 rings (SSSR count). The summed E-state index contributed by atoms with van der Waals surface area (Å²) in [5, 5.41) is 3.12. The maximum absolute atomic E-state index is 12.4. The zero-order chi connectivity index (χ0) is 21.0. The van der Waals surface area contributed by atoms with Gasteiger partial charge in [0.2, 0.25) is 0 Å². The summed E-state index contributed by atoms with van der Waals surface area (Å²) in [6.07, 6.45) is 1.30. The molecule has 0 aliphatic heterocycles. The van der Waals surface area contributed by atoms with Gasteiger partial charge in [0.05, 0.1) is 4.90 Å². The normalized spacial score (nSPS) is 11.4. The van der Waals surface area contributed by atoms with Crippen LogP contribution in [0.4, 0.5) is 23.0 Å². The van der Waals surface area contributed by atoms with Crippen LogP contribution in [-0.4, -0.2) is 18.4 Å². The number of sulfonamides is 1. The van der Waals surface area contributed by atoms with Crippen LogP contribution in [0.1, 0.15) is 30.9 Å². The fraction of sp³-hybridized carbons (Fsp3) is 0.200. The summed E-state index contributed by atoms with van der Waals surface area (Å²) in [6, 6.07) is 14.4. The van der Waals surface area contributed by atoms with Crippen molar-refractivity contribution in [2.45, 2.75) is 31.6 Å². The fourth-order valence-corrected chi connectivity index (χ4v) is 3.42. The Hall–Kier alpha value is -3.17. The highest BCUT2D eigenvalue weighted by Gasteiger charge is 2.15. The van der Waals surface area contributed by atoms with Gasteiger partial charge in [0.15, 0.2) is 11.6 Å². The number of aromatic nitrogens is 2. The molecule has 0 spiro atoms. The predicted molar refractivity (Wildman–Crippen MR) is 115 cm³/mol. The highest BCUT2D eigenvalue weighted by Crippen LogP contribution is 2.26. The fourth-order valence-electron chi connectivity index (χ4n) is 2.57. The summed E-state index contributed by atoms with van der Waals surface area (Å²) in [7, 11) is -3.77. The molecule has 1 aromatic heterocycles. The molecule has 9 heteroatoms. The first-order valence-corrected chi connectivity index (χ1v) is 10.6. The average Bonchev–Trinajstić information content (AvgIpc) is 2.69. The van der Waals surface area contributed by atoms with Gasteiger partial charge in [-0.2, -0.15) is 0 Å².